The summed E-state index contributed by atoms with van der Waals surface area (Å²) in [5.41, 5.74) is 3.74. The number of benzene rings is 2. The van der Waals surface area contributed by atoms with E-state index in [0.717, 1.165) is 70.4 Å². The zero-order valence-corrected chi connectivity index (χ0v) is 20.1. The van der Waals surface area contributed by atoms with Crippen LogP contribution in [0.1, 0.15) is 11.1 Å². The van der Waals surface area contributed by atoms with E-state index < -0.39 is 0 Å². The Morgan fingerprint density at radius 2 is 1.52 bits per heavy atom. The molecule has 2 fully saturated rings. The highest BCUT2D eigenvalue weighted by molar-refractivity contribution is 5.78. The van der Waals surface area contributed by atoms with Crippen LogP contribution in [0.15, 0.2) is 42.5 Å². The van der Waals surface area contributed by atoms with E-state index in [2.05, 4.69) is 52.0 Å². The van der Waals surface area contributed by atoms with Crippen LogP contribution in [0.25, 0.3) is 0 Å². The van der Waals surface area contributed by atoms with Crippen molar-refractivity contribution in [2.45, 2.75) is 13.5 Å². The van der Waals surface area contributed by atoms with Crippen LogP contribution in [0.5, 0.6) is 11.5 Å². The van der Waals surface area contributed by atoms with Gasteiger partial charge in [0.1, 0.15) is 0 Å². The summed E-state index contributed by atoms with van der Waals surface area (Å²) in [6.45, 7) is 10.7. The van der Waals surface area contributed by atoms with E-state index in [1.54, 1.807) is 14.2 Å². The standard InChI is InChI=1S/C26H36N4O3/c1-21-5-4-6-23(17-21)29-13-15-30(16-14-29)26(31)20-28-11-9-27(10-12-28)19-22-7-8-24(32-2)25(18-22)33-3/h4-8,17-18H,9-16,19-20H2,1-3H3. The number of rotatable bonds is 7. The molecule has 2 aliphatic rings. The first-order valence-electron chi connectivity index (χ1n) is 11.8. The second-order valence-electron chi connectivity index (χ2n) is 8.95. The van der Waals surface area contributed by atoms with Gasteiger partial charge in [0.05, 0.1) is 20.8 Å². The van der Waals surface area contributed by atoms with E-state index in [0.29, 0.717) is 6.54 Å². The van der Waals surface area contributed by atoms with Gasteiger partial charge in [-0.05, 0) is 42.3 Å². The predicted octanol–water partition coefficient (Wildman–Crippen LogP) is 2.48. The summed E-state index contributed by atoms with van der Waals surface area (Å²) in [7, 11) is 3.32. The number of hydrogen-bond donors (Lipinski definition) is 0. The number of ether oxygens (including phenoxy) is 2. The van der Waals surface area contributed by atoms with Crippen molar-refractivity contribution in [1.82, 2.24) is 14.7 Å². The van der Waals surface area contributed by atoms with E-state index in [1.807, 2.05) is 17.0 Å². The van der Waals surface area contributed by atoms with E-state index in [-0.39, 0.29) is 5.91 Å². The quantitative estimate of drug-likeness (QED) is 0.643. The van der Waals surface area contributed by atoms with Gasteiger partial charge in [-0.3, -0.25) is 14.6 Å². The van der Waals surface area contributed by atoms with Gasteiger partial charge in [-0.1, -0.05) is 18.2 Å². The summed E-state index contributed by atoms with van der Waals surface area (Å²) >= 11 is 0. The topological polar surface area (TPSA) is 48.5 Å². The van der Waals surface area contributed by atoms with Crippen molar-refractivity contribution in [2.75, 3.05) is 78.0 Å². The first-order valence-corrected chi connectivity index (χ1v) is 11.8. The minimum Gasteiger partial charge on any atom is -0.493 e. The fourth-order valence-corrected chi connectivity index (χ4v) is 4.67. The molecule has 0 radical (unpaired) electrons. The van der Waals surface area contributed by atoms with Crippen LogP contribution >= 0.6 is 0 Å². The smallest absolute Gasteiger partial charge is 0.236 e. The van der Waals surface area contributed by atoms with Crippen LogP contribution in [-0.4, -0.2) is 93.7 Å². The molecule has 0 atom stereocenters. The molecule has 2 aliphatic heterocycles. The zero-order valence-electron chi connectivity index (χ0n) is 20.1. The molecule has 7 heteroatoms. The fraction of sp³-hybridized carbons (Fsp3) is 0.500. The second kappa shape index (κ2) is 10.9. The number of hydrogen-bond acceptors (Lipinski definition) is 6. The Hall–Kier alpha value is -2.77. The SMILES string of the molecule is COc1ccc(CN2CCN(CC(=O)N3CCN(c4cccc(C)c4)CC3)CC2)cc1OC. The van der Waals surface area contributed by atoms with Gasteiger partial charge in [-0.2, -0.15) is 0 Å². The number of anilines is 1. The minimum atomic E-state index is 0.257. The Balaban J connectivity index is 1.20. The first kappa shape index (κ1) is 23.4. The minimum absolute atomic E-state index is 0.257. The molecule has 7 nitrogen and oxygen atoms in total. The molecule has 4 rings (SSSR count). The highest BCUT2D eigenvalue weighted by Crippen LogP contribution is 2.28. The van der Waals surface area contributed by atoms with Gasteiger partial charge in [0, 0.05) is 64.6 Å². The van der Waals surface area contributed by atoms with Gasteiger partial charge in [-0.25, -0.2) is 0 Å². The predicted molar refractivity (Wildman–Crippen MR) is 131 cm³/mol. The van der Waals surface area contributed by atoms with Gasteiger partial charge in [0.2, 0.25) is 5.91 Å². The van der Waals surface area contributed by atoms with Crippen molar-refractivity contribution in [2.24, 2.45) is 0 Å². The molecule has 0 unspecified atom stereocenters. The molecule has 2 saturated heterocycles. The molecule has 0 saturated carbocycles. The molecular weight excluding hydrogens is 416 g/mol. The van der Waals surface area contributed by atoms with E-state index >= 15 is 0 Å². The molecule has 2 aromatic carbocycles. The Labute approximate surface area is 197 Å². The summed E-state index contributed by atoms with van der Waals surface area (Å²) in [5.74, 6) is 1.78. The van der Waals surface area contributed by atoms with Crippen molar-refractivity contribution >= 4 is 11.6 Å². The molecule has 0 spiro atoms. The van der Waals surface area contributed by atoms with Gasteiger partial charge in [-0.15, -0.1) is 0 Å². The Bertz CT molecular complexity index is 935. The van der Waals surface area contributed by atoms with Gasteiger partial charge in [0.15, 0.2) is 11.5 Å². The first-order chi connectivity index (χ1) is 16.1. The third kappa shape index (κ3) is 5.97. The van der Waals surface area contributed by atoms with Crippen LogP contribution in [0.4, 0.5) is 5.69 Å². The number of methoxy groups -OCH3 is 2. The molecule has 1 amide bonds. The van der Waals surface area contributed by atoms with Gasteiger partial charge >= 0.3 is 0 Å². The maximum Gasteiger partial charge on any atom is 0.236 e. The monoisotopic (exact) mass is 452 g/mol. The molecular formula is C26H36N4O3. The summed E-state index contributed by atoms with van der Waals surface area (Å²) in [6, 6.07) is 14.7. The maximum atomic E-state index is 12.9. The summed E-state index contributed by atoms with van der Waals surface area (Å²) in [5, 5.41) is 0. The Kier molecular flexibility index (Phi) is 7.73. The molecule has 0 N–H and O–H groups in total. The maximum absolute atomic E-state index is 12.9. The van der Waals surface area contributed by atoms with Crippen molar-refractivity contribution in [3.63, 3.8) is 0 Å². The molecule has 2 heterocycles. The van der Waals surface area contributed by atoms with Crippen LogP contribution in [0, 0.1) is 6.92 Å². The molecule has 0 aromatic heterocycles. The van der Waals surface area contributed by atoms with Crippen molar-refractivity contribution < 1.29 is 14.3 Å². The van der Waals surface area contributed by atoms with Crippen LogP contribution in [0.3, 0.4) is 0 Å². The van der Waals surface area contributed by atoms with Crippen LogP contribution in [-0.2, 0) is 11.3 Å². The molecule has 0 bridgehead atoms. The lowest BCUT2D eigenvalue weighted by Crippen LogP contribution is -2.53. The lowest BCUT2D eigenvalue weighted by molar-refractivity contribution is -0.133. The van der Waals surface area contributed by atoms with Crippen LogP contribution in [0.2, 0.25) is 0 Å². The number of aryl methyl sites for hydroxylation is 1. The van der Waals surface area contributed by atoms with E-state index in [9.17, 15) is 4.79 Å². The average molecular weight is 453 g/mol. The number of carbonyl (C=O) groups is 1. The number of amides is 1. The van der Waals surface area contributed by atoms with Crippen LogP contribution < -0.4 is 14.4 Å². The van der Waals surface area contributed by atoms with E-state index in [1.165, 1.54) is 16.8 Å². The average Bonchev–Trinajstić information content (AvgIpc) is 2.85. The van der Waals surface area contributed by atoms with Crippen molar-refractivity contribution in [1.29, 1.82) is 0 Å². The fourth-order valence-electron chi connectivity index (χ4n) is 4.67. The lowest BCUT2D eigenvalue weighted by atomic mass is 10.1. The molecule has 0 aliphatic carbocycles. The highest BCUT2D eigenvalue weighted by Gasteiger charge is 2.25. The molecule has 33 heavy (non-hydrogen) atoms. The highest BCUT2D eigenvalue weighted by atomic mass is 16.5. The Morgan fingerprint density at radius 3 is 2.18 bits per heavy atom. The van der Waals surface area contributed by atoms with E-state index in [4.69, 9.17) is 9.47 Å². The summed E-state index contributed by atoms with van der Waals surface area (Å²) < 4.78 is 10.8. The lowest BCUT2D eigenvalue weighted by Gasteiger charge is -2.38. The second-order valence-corrected chi connectivity index (χ2v) is 8.95. The van der Waals surface area contributed by atoms with Crippen molar-refractivity contribution in [3.8, 4) is 11.5 Å². The number of nitrogens with zero attached hydrogens (tertiary/aromatic N) is 4. The normalized spacial score (nSPS) is 17.8. The number of carbonyl (C=O) groups excluding carboxylic acids is 1. The largest absolute Gasteiger partial charge is 0.493 e. The molecule has 178 valence electrons. The third-order valence-electron chi connectivity index (χ3n) is 6.68. The zero-order chi connectivity index (χ0) is 23.2. The summed E-state index contributed by atoms with van der Waals surface area (Å²) in [4.78, 5) is 22.0. The van der Waals surface area contributed by atoms with Gasteiger partial charge in [0.25, 0.3) is 0 Å². The molecule has 2 aromatic rings. The van der Waals surface area contributed by atoms with Crippen molar-refractivity contribution in [3.05, 3.63) is 53.6 Å². The Morgan fingerprint density at radius 1 is 0.818 bits per heavy atom. The summed E-state index contributed by atoms with van der Waals surface area (Å²) in [6.07, 6.45) is 0. The number of piperazine rings is 2. The van der Waals surface area contributed by atoms with Gasteiger partial charge < -0.3 is 19.3 Å². The third-order valence-corrected chi connectivity index (χ3v) is 6.68.